The molecule has 1 N–H and O–H groups in total. The Labute approximate surface area is 63.9 Å². The van der Waals surface area contributed by atoms with E-state index in [1.165, 1.54) is 19.3 Å². The molecular formula is C8H19NO. The van der Waals surface area contributed by atoms with E-state index in [-0.39, 0.29) is 0 Å². The first kappa shape index (κ1) is 9.92. The van der Waals surface area contributed by atoms with Crippen LogP contribution in [0.25, 0.3) is 0 Å². The minimum Gasteiger partial charge on any atom is -0.302 e. The van der Waals surface area contributed by atoms with Crippen molar-refractivity contribution in [2.24, 2.45) is 5.92 Å². The summed E-state index contributed by atoms with van der Waals surface area (Å²) in [6, 6.07) is 0. The number of rotatable bonds is 6. The first-order valence-electron chi connectivity index (χ1n) is 4.06. The second-order valence-electron chi connectivity index (χ2n) is 2.94. The molecule has 0 unspecified atom stereocenters. The lowest BCUT2D eigenvalue weighted by molar-refractivity contribution is 0.0547. The fraction of sp³-hybridized carbons (Fsp3) is 1.00. The van der Waals surface area contributed by atoms with E-state index >= 15 is 0 Å². The Morgan fingerprint density at radius 3 is 2.50 bits per heavy atom. The van der Waals surface area contributed by atoms with Crippen molar-refractivity contribution in [2.75, 3.05) is 13.7 Å². The quantitative estimate of drug-likeness (QED) is 0.455. The molecular weight excluding hydrogens is 126 g/mol. The summed E-state index contributed by atoms with van der Waals surface area (Å²) < 4.78 is 0. The van der Waals surface area contributed by atoms with E-state index in [4.69, 9.17) is 4.84 Å². The molecule has 0 aromatic heterocycles. The molecule has 0 bridgehead atoms. The van der Waals surface area contributed by atoms with Gasteiger partial charge < -0.3 is 4.84 Å². The minimum atomic E-state index is 0.828. The SMILES string of the molecule is CNOCCCCC(C)C. The van der Waals surface area contributed by atoms with Crippen LogP contribution in [-0.4, -0.2) is 13.7 Å². The summed E-state index contributed by atoms with van der Waals surface area (Å²) in [5.41, 5.74) is 2.66. The summed E-state index contributed by atoms with van der Waals surface area (Å²) in [4.78, 5) is 4.97. The first-order valence-corrected chi connectivity index (χ1v) is 4.06. The normalized spacial score (nSPS) is 10.8. The van der Waals surface area contributed by atoms with Crippen LogP contribution in [0.2, 0.25) is 0 Å². The van der Waals surface area contributed by atoms with Crippen LogP contribution in [0, 0.1) is 5.92 Å². The Morgan fingerprint density at radius 1 is 1.30 bits per heavy atom. The van der Waals surface area contributed by atoms with Crippen molar-refractivity contribution in [3.8, 4) is 0 Å². The Balaban J connectivity index is 2.77. The zero-order chi connectivity index (χ0) is 7.82. The molecule has 0 fully saturated rings. The molecule has 0 atom stereocenters. The average Bonchev–Trinajstić information content (AvgIpc) is 1.87. The molecule has 0 radical (unpaired) electrons. The molecule has 62 valence electrons. The van der Waals surface area contributed by atoms with Gasteiger partial charge in [0.2, 0.25) is 0 Å². The smallest absolute Gasteiger partial charge is 0.0682 e. The van der Waals surface area contributed by atoms with E-state index in [1.807, 2.05) is 0 Å². The van der Waals surface area contributed by atoms with Gasteiger partial charge in [-0.25, -0.2) is 5.48 Å². The molecule has 0 saturated carbocycles. The molecule has 0 aliphatic rings. The molecule has 0 aromatic carbocycles. The highest BCUT2D eigenvalue weighted by Crippen LogP contribution is 2.05. The van der Waals surface area contributed by atoms with Crippen molar-refractivity contribution in [1.82, 2.24) is 5.48 Å². The standard InChI is InChI=1S/C8H19NO/c1-8(2)6-4-5-7-10-9-3/h8-9H,4-7H2,1-3H3. The van der Waals surface area contributed by atoms with Crippen LogP contribution in [0.5, 0.6) is 0 Å². The number of hydroxylamine groups is 1. The third kappa shape index (κ3) is 7.92. The highest BCUT2D eigenvalue weighted by atomic mass is 16.6. The molecule has 0 aromatic rings. The van der Waals surface area contributed by atoms with Crippen LogP contribution < -0.4 is 5.48 Å². The van der Waals surface area contributed by atoms with Gasteiger partial charge in [0.05, 0.1) is 6.61 Å². The summed E-state index contributed by atoms with van der Waals surface area (Å²) in [6.07, 6.45) is 3.76. The zero-order valence-electron chi connectivity index (χ0n) is 7.31. The van der Waals surface area contributed by atoms with E-state index < -0.39 is 0 Å². The number of unbranched alkanes of at least 4 members (excludes halogenated alkanes) is 1. The summed E-state index contributed by atoms with van der Waals surface area (Å²) in [5.74, 6) is 0.828. The second kappa shape index (κ2) is 7.03. The summed E-state index contributed by atoms with van der Waals surface area (Å²) >= 11 is 0. The van der Waals surface area contributed by atoms with Gasteiger partial charge in [0.15, 0.2) is 0 Å². The van der Waals surface area contributed by atoms with E-state index in [1.54, 1.807) is 7.05 Å². The number of hydrogen-bond donors (Lipinski definition) is 1. The third-order valence-corrected chi connectivity index (χ3v) is 1.42. The fourth-order valence-corrected chi connectivity index (χ4v) is 0.829. The van der Waals surface area contributed by atoms with Crippen molar-refractivity contribution in [1.29, 1.82) is 0 Å². The van der Waals surface area contributed by atoms with Gasteiger partial charge in [0.1, 0.15) is 0 Å². The van der Waals surface area contributed by atoms with Gasteiger partial charge >= 0.3 is 0 Å². The van der Waals surface area contributed by atoms with Gasteiger partial charge in [0.25, 0.3) is 0 Å². The Morgan fingerprint density at radius 2 is 2.00 bits per heavy atom. The van der Waals surface area contributed by atoms with Crippen LogP contribution in [0.1, 0.15) is 33.1 Å². The Bertz CT molecular complexity index is 64.3. The predicted molar refractivity (Wildman–Crippen MR) is 43.7 cm³/mol. The maximum Gasteiger partial charge on any atom is 0.0682 e. The summed E-state index contributed by atoms with van der Waals surface area (Å²) in [5, 5.41) is 0. The van der Waals surface area contributed by atoms with Gasteiger partial charge in [-0.3, -0.25) is 0 Å². The van der Waals surface area contributed by atoms with Gasteiger partial charge in [-0.1, -0.05) is 26.7 Å². The Kier molecular flexibility index (Phi) is 6.98. The minimum absolute atomic E-state index is 0.828. The molecule has 0 heterocycles. The second-order valence-corrected chi connectivity index (χ2v) is 2.94. The van der Waals surface area contributed by atoms with E-state index in [0.717, 1.165) is 12.5 Å². The Hall–Kier alpha value is -0.0800. The third-order valence-electron chi connectivity index (χ3n) is 1.42. The summed E-state index contributed by atoms with van der Waals surface area (Å²) in [7, 11) is 1.79. The van der Waals surface area contributed by atoms with E-state index in [9.17, 15) is 0 Å². The largest absolute Gasteiger partial charge is 0.302 e. The molecule has 0 rings (SSSR count). The van der Waals surface area contributed by atoms with Crippen molar-refractivity contribution < 1.29 is 4.84 Å². The molecule has 10 heavy (non-hydrogen) atoms. The lowest BCUT2D eigenvalue weighted by atomic mass is 10.1. The zero-order valence-corrected chi connectivity index (χ0v) is 7.31. The van der Waals surface area contributed by atoms with Crippen LogP contribution in [0.3, 0.4) is 0 Å². The average molecular weight is 145 g/mol. The van der Waals surface area contributed by atoms with Crippen molar-refractivity contribution in [2.45, 2.75) is 33.1 Å². The van der Waals surface area contributed by atoms with Crippen LogP contribution in [0.15, 0.2) is 0 Å². The summed E-state index contributed by atoms with van der Waals surface area (Å²) in [6.45, 7) is 5.33. The fourth-order valence-electron chi connectivity index (χ4n) is 0.829. The lowest BCUT2D eigenvalue weighted by Crippen LogP contribution is -2.08. The van der Waals surface area contributed by atoms with Gasteiger partial charge in [-0.2, -0.15) is 0 Å². The van der Waals surface area contributed by atoms with Crippen LogP contribution in [0.4, 0.5) is 0 Å². The molecule has 2 nitrogen and oxygen atoms in total. The highest BCUT2D eigenvalue weighted by molar-refractivity contribution is 4.45. The molecule has 2 heteroatoms. The van der Waals surface area contributed by atoms with Gasteiger partial charge in [-0.05, 0) is 12.3 Å². The molecule has 0 aliphatic heterocycles. The maximum atomic E-state index is 4.97. The number of hydrogen-bond acceptors (Lipinski definition) is 2. The monoisotopic (exact) mass is 145 g/mol. The van der Waals surface area contributed by atoms with Crippen LogP contribution >= 0.6 is 0 Å². The number of nitrogens with one attached hydrogen (secondary N) is 1. The molecule has 0 aliphatic carbocycles. The van der Waals surface area contributed by atoms with Gasteiger partial charge in [0, 0.05) is 7.05 Å². The van der Waals surface area contributed by atoms with Gasteiger partial charge in [-0.15, -0.1) is 0 Å². The van der Waals surface area contributed by atoms with Crippen LogP contribution in [-0.2, 0) is 4.84 Å². The maximum absolute atomic E-state index is 4.97. The molecule has 0 spiro atoms. The van der Waals surface area contributed by atoms with E-state index in [2.05, 4.69) is 19.3 Å². The predicted octanol–water partition coefficient (Wildman–Crippen LogP) is 1.96. The van der Waals surface area contributed by atoms with Crippen molar-refractivity contribution >= 4 is 0 Å². The molecule has 0 saturated heterocycles. The molecule has 0 amide bonds. The highest BCUT2D eigenvalue weighted by Gasteiger charge is 1.92. The lowest BCUT2D eigenvalue weighted by Gasteiger charge is -2.03. The topological polar surface area (TPSA) is 21.3 Å². The van der Waals surface area contributed by atoms with Crippen molar-refractivity contribution in [3.63, 3.8) is 0 Å². The van der Waals surface area contributed by atoms with E-state index in [0.29, 0.717) is 0 Å². The first-order chi connectivity index (χ1) is 4.77. The van der Waals surface area contributed by atoms with Crippen molar-refractivity contribution in [3.05, 3.63) is 0 Å².